The van der Waals surface area contributed by atoms with Gasteiger partial charge in [0, 0.05) is 6.54 Å². The minimum absolute atomic E-state index is 0.362. The van der Waals surface area contributed by atoms with Crippen molar-refractivity contribution in [2.75, 3.05) is 7.05 Å². The monoisotopic (exact) mass is 248 g/mol. The maximum absolute atomic E-state index is 6.05. The first-order valence-corrected chi connectivity index (χ1v) is 6.93. The molecular formula is C15H24N2O. The number of rotatable bonds is 4. The van der Waals surface area contributed by atoms with E-state index in [4.69, 9.17) is 4.74 Å². The number of ether oxygens (including phenoxy) is 1. The predicted molar refractivity (Wildman–Crippen MR) is 73.6 cm³/mol. The van der Waals surface area contributed by atoms with Crippen LogP contribution >= 0.6 is 0 Å². The molecule has 1 N–H and O–H groups in total. The molecule has 1 aromatic heterocycles. The molecule has 0 aliphatic heterocycles. The average molecular weight is 248 g/mol. The zero-order valence-electron chi connectivity index (χ0n) is 11.6. The van der Waals surface area contributed by atoms with Crippen LogP contribution in [0.3, 0.4) is 0 Å². The first-order valence-electron chi connectivity index (χ1n) is 6.93. The van der Waals surface area contributed by atoms with E-state index in [2.05, 4.69) is 24.1 Å². The lowest BCUT2D eigenvalue weighted by atomic mass is 9.82. The van der Waals surface area contributed by atoms with Crippen LogP contribution in [0.2, 0.25) is 0 Å². The highest BCUT2D eigenvalue weighted by Crippen LogP contribution is 2.31. The molecule has 1 saturated carbocycles. The van der Waals surface area contributed by atoms with Crippen LogP contribution in [0.5, 0.6) is 5.75 Å². The fraction of sp³-hybridized carbons (Fsp3) is 0.667. The summed E-state index contributed by atoms with van der Waals surface area (Å²) in [6.07, 6.45) is 5.88. The molecule has 1 heterocycles. The van der Waals surface area contributed by atoms with Crippen LogP contribution in [0.4, 0.5) is 0 Å². The van der Waals surface area contributed by atoms with E-state index in [0.29, 0.717) is 6.10 Å². The third-order valence-electron chi connectivity index (χ3n) is 3.59. The lowest BCUT2D eigenvalue weighted by molar-refractivity contribution is 0.101. The zero-order chi connectivity index (χ0) is 13.0. The maximum Gasteiger partial charge on any atom is 0.138 e. The summed E-state index contributed by atoms with van der Waals surface area (Å²) in [5.41, 5.74) is 1.05. The number of pyridine rings is 1. The number of nitrogens with zero attached hydrogens (tertiary/aromatic N) is 1. The van der Waals surface area contributed by atoms with Crippen molar-refractivity contribution < 1.29 is 4.74 Å². The van der Waals surface area contributed by atoms with Gasteiger partial charge in [-0.05, 0) is 50.3 Å². The Bertz CT molecular complexity index is 353. The van der Waals surface area contributed by atoms with Crippen molar-refractivity contribution in [1.82, 2.24) is 10.3 Å². The van der Waals surface area contributed by atoms with Crippen molar-refractivity contribution in [3.05, 3.63) is 24.0 Å². The minimum Gasteiger partial charge on any atom is -0.489 e. The topological polar surface area (TPSA) is 34.1 Å². The van der Waals surface area contributed by atoms with Gasteiger partial charge >= 0.3 is 0 Å². The standard InChI is InChI=1S/C15H24N2O/c1-11-6-12(2)8-15(7-11)18-14-5-4-13(9-16-3)17-10-14/h4-5,10-12,15-16H,6-9H2,1-3H3. The molecule has 0 amide bonds. The molecular weight excluding hydrogens is 224 g/mol. The van der Waals surface area contributed by atoms with Gasteiger partial charge in [-0.3, -0.25) is 4.98 Å². The quantitative estimate of drug-likeness (QED) is 0.889. The normalized spacial score (nSPS) is 28.1. The van der Waals surface area contributed by atoms with Crippen molar-refractivity contribution >= 4 is 0 Å². The Balaban J connectivity index is 1.92. The third-order valence-corrected chi connectivity index (χ3v) is 3.59. The maximum atomic E-state index is 6.05. The van der Waals surface area contributed by atoms with E-state index < -0.39 is 0 Å². The van der Waals surface area contributed by atoms with E-state index in [0.717, 1.165) is 29.8 Å². The van der Waals surface area contributed by atoms with Crippen LogP contribution in [0.1, 0.15) is 38.8 Å². The number of nitrogens with one attached hydrogen (secondary N) is 1. The van der Waals surface area contributed by atoms with Gasteiger partial charge in [0.15, 0.2) is 0 Å². The molecule has 2 unspecified atom stereocenters. The molecule has 2 rings (SSSR count). The fourth-order valence-electron chi connectivity index (χ4n) is 2.93. The Morgan fingerprint density at radius 2 is 1.94 bits per heavy atom. The van der Waals surface area contributed by atoms with Gasteiger partial charge in [0.2, 0.25) is 0 Å². The van der Waals surface area contributed by atoms with Crippen LogP contribution in [0, 0.1) is 11.8 Å². The van der Waals surface area contributed by atoms with Crippen molar-refractivity contribution in [1.29, 1.82) is 0 Å². The van der Waals surface area contributed by atoms with E-state index >= 15 is 0 Å². The lowest BCUT2D eigenvalue weighted by Gasteiger charge is -2.31. The first kappa shape index (κ1) is 13.3. The molecule has 100 valence electrons. The first-order chi connectivity index (χ1) is 8.67. The summed E-state index contributed by atoms with van der Waals surface area (Å²) >= 11 is 0. The summed E-state index contributed by atoms with van der Waals surface area (Å²) in [6, 6.07) is 4.06. The molecule has 3 nitrogen and oxygen atoms in total. The molecule has 1 aliphatic carbocycles. The summed E-state index contributed by atoms with van der Waals surface area (Å²) in [5, 5.41) is 3.09. The molecule has 18 heavy (non-hydrogen) atoms. The Morgan fingerprint density at radius 1 is 1.22 bits per heavy atom. The molecule has 0 radical (unpaired) electrons. The second-order valence-electron chi connectivity index (χ2n) is 5.67. The smallest absolute Gasteiger partial charge is 0.138 e. The predicted octanol–water partition coefficient (Wildman–Crippen LogP) is 3.00. The molecule has 1 aromatic rings. The molecule has 1 fully saturated rings. The highest BCUT2D eigenvalue weighted by Gasteiger charge is 2.25. The van der Waals surface area contributed by atoms with Gasteiger partial charge in [0.1, 0.15) is 5.75 Å². The second kappa shape index (κ2) is 6.19. The van der Waals surface area contributed by atoms with Gasteiger partial charge in [-0.2, -0.15) is 0 Å². The Morgan fingerprint density at radius 3 is 2.50 bits per heavy atom. The Kier molecular flexibility index (Phi) is 4.59. The van der Waals surface area contributed by atoms with Crippen LogP contribution in [-0.4, -0.2) is 18.1 Å². The minimum atomic E-state index is 0.362. The van der Waals surface area contributed by atoms with Crippen LogP contribution in [0.15, 0.2) is 18.3 Å². The Labute approximate surface area is 110 Å². The number of hydrogen-bond acceptors (Lipinski definition) is 3. The largest absolute Gasteiger partial charge is 0.489 e. The SMILES string of the molecule is CNCc1ccc(OC2CC(C)CC(C)C2)cn1. The van der Waals surface area contributed by atoms with Crippen molar-refractivity contribution in [2.45, 2.75) is 45.8 Å². The van der Waals surface area contributed by atoms with Crippen molar-refractivity contribution in [3.8, 4) is 5.75 Å². The van der Waals surface area contributed by atoms with Gasteiger partial charge in [-0.1, -0.05) is 13.8 Å². The average Bonchev–Trinajstić information content (AvgIpc) is 2.31. The molecule has 2 atom stereocenters. The second-order valence-corrected chi connectivity index (χ2v) is 5.67. The van der Waals surface area contributed by atoms with Gasteiger partial charge < -0.3 is 10.1 Å². The zero-order valence-corrected chi connectivity index (χ0v) is 11.6. The summed E-state index contributed by atoms with van der Waals surface area (Å²) in [7, 11) is 1.93. The molecule has 0 spiro atoms. The van der Waals surface area contributed by atoms with Crippen LogP contribution in [0.25, 0.3) is 0 Å². The van der Waals surface area contributed by atoms with E-state index in [1.54, 1.807) is 0 Å². The third kappa shape index (κ3) is 3.70. The highest BCUT2D eigenvalue weighted by atomic mass is 16.5. The van der Waals surface area contributed by atoms with Crippen molar-refractivity contribution in [3.63, 3.8) is 0 Å². The molecule has 3 heteroatoms. The lowest BCUT2D eigenvalue weighted by Crippen LogP contribution is -2.28. The summed E-state index contributed by atoms with van der Waals surface area (Å²) < 4.78 is 6.05. The highest BCUT2D eigenvalue weighted by molar-refractivity contribution is 5.20. The van der Waals surface area contributed by atoms with Gasteiger partial charge in [0.05, 0.1) is 18.0 Å². The van der Waals surface area contributed by atoms with Gasteiger partial charge in [0.25, 0.3) is 0 Å². The number of aromatic nitrogens is 1. The van der Waals surface area contributed by atoms with E-state index in [1.165, 1.54) is 19.3 Å². The molecule has 1 aliphatic rings. The summed E-state index contributed by atoms with van der Waals surface area (Å²) in [5.74, 6) is 2.45. The van der Waals surface area contributed by atoms with E-state index in [1.807, 2.05) is 25.4 Å². The van der Waals surface area contributed by atoms with Crippen LogP contribution < -0.4 is 10.1 Å². The summed E-state index contributed by atoms with van der Waals surface area (Å²) in [6.45, 7) is 5.44. The summed E-state index contributed by atoms with van der Waals surface area (Å²) in [4.78, 5) is 4.38. The molecule has 0 bridgehead atoms. The molecule has 0 aromatic carbocycles. The van der Waals surface area contributed by atoms with Gasteiger partial charge in [-0.25, -0.2) is 0 Å². The fourth-order valence-corrected chi connectivity index (χ4v) is 2.93. The van der Waals surface area contributed by atoms with Gasteiger partial charge in [-0.15, -0.1) is 0 Å². The molecule has 0 saturated heterocycles. The van der Waals surface area contributed by atoms with E-state index in [9.17, 15) is 0 Å². The number of hydrogen-bond donors (Lipinski definition) is 1. The van der Waals surface area contributed by atoms with E-state index in [-0.39, 0.29) is 0 Å². The van der Waals surface area contributed by atoms with Crippen molar-refractivity contribution in [2.24, 2.45) is 11.8 Å². The van der Waals surface area contributed by atoms with Crippen LogP contribution in [-0.2, 0) is 6.54 Å². The Hall–Kier alpha value is -1.09.